The Bertz CT molecular complexity index is 672. The van der Waals surface area contributed by atoms with Gasteiger partial charge in [-0.15, -0.1) is 0 Å². The molecule has 3 nitrogen and oxygen atoms in total. The van der Waals surface area contributed by atoms with Crippen molar-refractivity contribution < 1.29 is 14.6 Å². The van der Waals surface area contributed by atoms with Gasteiger partial charge in [-0.2, -0.15) is 0 Å². The van der Waals surface area contributed by atoms with E-state index in [1.165, 1.54) is 0 Å². The molecule has 2 aromatic carbocycles. The van der Waals surface area contributed by atoms with Crippen LogP contribution in [0, 0.1) is 27.7 Å². The lowest BCUT2D eigenvalue weighted by Crippen LogP contribution is -1.99. The molecule has 2 aromatic rings. The van der Waals surface area contributed by atoms with Crippen LogP contribution in [-0.4, -0.2) is 11.1 Å². The summed E-state index contributed by atoms with van der Waals surface area (Å²) in [6.07, 6.45) is 0. The van der Waals surface area contributed by atoms with E-state index < -0.39 is 5.97 Å². The van der Waals surface area contributed by atoms with E-state index in [9.17, 15) is 4.79 Å². The zero-order chi connectivity index (χ0) is 14.9. The van der Waals surface area contributed by atoms with Crippen molar-refractivity contribution >= 4 is 5.97 Å². The van der Waals surface area contributed by atoms with Crippen LogP contribution in [0.2, 0.25) is 0 Å². The van der Waals surface area contributed by atoms with E-state index in [1.54, 1.807) is 18.2 Å². The fourth-order valence-corrected chi connectivity index (χ4v) is 2.04. The summed E-state index contributed by atoms with van der Waals surface area (Å²) in [5.74, 6) is 0.435. The number of hydrogen-bond donors (Lipinski definition) is 1. The van der Waals surface area contributed by atoms with Crippen LogP contribution in [0.1, 0.15) is 32.6 Å². The van der Waals surface area contributed by atoms with Gasteiger partial charge in [0.15, 0.2) is 0 Å². The van der Waals surface area contributed by atoms with Crippen molar-refractivity contribution in [3.8, 4) is 11.5 Å². The molecule has 0 aromatic heterocycles. The molecule has 0 heterocycles. The number of benzene rings is 2. The molecule has 0 aliphatic carbocycles. The molecular formula is C17H18O3. The van der Waals surface area contributed by atoms with Crippen molar-refractivity contribution in [2.24, 2.45) is 0 Å². The zero-order valence-corrected chi connectivity index (χ0v) is 12.2. The highest BCUT2D eigenvalue weighted by Crippen LogP contribution is 2.32. The third-order valence-electron chi connectivity index (χ3n) is 3.52. The average Bonchev–Trinajstić information content (AvgIpc) is 2.41. The maximum Gasteiger partial charge on any atom is 0.335 e. The standard InChI is InChI=1S/C17H18O3/c1-10-5-6-12(3)16(13(10)4)20-15-9-14(17(18)19)8-7-11(15)2/h5-9H,1-4H3,(H,18,19). The van der Waals surface area contributed by atoms with Crippen molar-refractivity contribution in [2.75, 3.05) is 0 Å². The van der Waals surface area contributed by atoms with Crippen LogP contribution in [0.15, 0.2) is 30.3 Å². The molecule has 0 amide bonds. The van der Waals surface area contributed by atoms with Gasteiger partial charge >= 0.3 is 5.97 Å². The molecule has 0 atom stereocenters. The first-order valence-corrected chi connectivity index (χ1v) is 6.48. The van der Waals surface area contributed by atoms with Gasteiger partial charge in [0.05, 0.1) is 5.56 Å². The van der Waals surface area contributed by atoms with E-state index in [2.05, 4.69) is 6.07 Å². The summed E-state index contributed by atoms with van der Waals surface area (Å²) >= 11 is 0. The van der Waals surface area contributed by atoms with Crippen LogP contribution in [0.5, 0.6) is 11.5 Å². The van der Waals surface area contributed by atoms with Crippen LogP contribution in [0.4, 0.5) is 0 Å². The van der Waals surface area contributed by atoms with E-state index in [-0.39, 0.29) is 5.56 Å². The third-order valence-corrected chi connectivity index (χ3v) is 3.52. The molecule has 0 unspecified atom stereocenters. The Balaban J connectivity index is 2.47. The Kier molecular flexibility index (Phi) is 3.79. The van der Waals surface area contributed by atoms with Crippen molar-refractivity contribution in [1.82, 2.24) is 0 Å². The molecule has 0 saturated heterocycles. The number of hydrogen-bond acceptors (Lipinski definition) is 2. The van der Waals surface area contributed by atoms with E-state index >= 15 is 0 Å². The van der Waals surface area contributed by atoms with Crippen LogP contribution in [0.3, 0.4) is 0 Å². The lowest BCUT2D eigenvalue weighted by molar-refractivity contribution is 0.0696. The molecule has 0 radical (unpaired) electrons. The van der Waals surface area contributed by atoms with Crippen LogP contribution in [0.25, 0.3) is 0 Å². The first-order chi connectivity index (χ1) is 9.40. The summed E-state index contributed by atoms with van der Waals surface area (Å²) in [6, 6.07) is 8.98. The molecule has 0 aliphatic rings. The van der Waals surface area contributed by atoms with Gasteiger partial charge < -0.3 is 9.84 Å². The first-order valence-electron chi connectivity index (χ1n) is 6.48. The fraction of sp³-hybridized carbons (Fsp3) is 0.235. The molecule has 0 saturated carbocycles. The second-order valence-corrected chi connectivity index (χ2v) is 5.04. The van der Waals surface area contributed by atoms with Crippen molar-refractivity contribution in [3.63, 3.8) is 0 Å². The van der Waals surface area contributed by atoms with Crippen LogP contribution >= 0.6 is 0 Å². The van der Waals surface area contributed by atoms with Gasteiger partial charge in [0, 0.05) is 0 Å². The Morgan fingerprint density at radius 2 is 1.55 bits per heavy atom. The summed E-state index contributed by atoms with van der Waals surface area (Å²) in [5, 5.41) is 9.06. The van der Waals surface area contributed by atoms with Gasteiger partial charge in [0.1, 0.15) is 11.5 Å². The minimum absolute atomic E-state index is 0.230. The average molecular weight is 270 g/mol. The molecule has 0 spiro atoms. The number of carboxylic acid groups (broad SMARTS) is 1. The van der Waals surface area contributed by atoms with E-state index in [4.69, 9.17) is 9.84 Å². The van der Waals surface area contributed by atoms with Gasteiger partial charge in [-0.25, -0.2) is 4.79 Å². The smallest absolute Gasteiger partial charge is 0.335 e. The van der Waals surface area contributed by atoms with Gasteiger partial charge in [-0.05, 0) is 62.1 Å². The summed E-state index contributed by atoms with van der Waals surface area (Å²) in [6.45, 7) is 7.93. The van der Waals surface area contributed by atoms with E-state index in [0.717, 1.165) is 28.0 Å². The molecule has 2 rings (SSSR count). The largest absolute Gasteiger partial charge is 0.478 e. The topological polar surface area (TPSA) is 46.5 Å². The van der Waals surface area contributed by atoms with Gasteiger partial charge in [0.2, 0.25) is 0 Å². The molecule has 0 aliphatic heterocycles. The summed E-state index contributed by atoms with van der Waals surface area (Å²) in [4.78, 5) is 11.0. The predicted octanol–water partition coefficient (Wildman–Crippen LogP) is 4.41. The lowest BCUT2D eigenvalue weighted by Gasteiger charge is -2.15. The Hall–Kier alpha value is -2.29. The van der Waals surface area contributed by atoms with E-state index in [0.29, 0.717) is 5.75 Å². The molecule has 1 N–H and O–H groups in total. The number of carbonyl (C=O) groups is 1. The molecule has 0 fully saturated rings. The van der Waals surface area contributed by atoms with Crippen molar-refractivity contribution in [3.05, 3.63) is 58.1 Å². The Labute approximate surface area is 118 Å². The summed E-state index contributed by atoms with van der Waals surface area (Å²) in [7, 11) is 0. The van der Waals surface area contributed by atoms with Crippen molar-refractivity contribution in [2.45, 2.75) is 27.7 Å². The number of rotatable bonds is 3. The third kappa shape index (κ3) is 2.67. The summed E-state index contributed by atoms with van der Waals surface area (Å²) in [5.41, 5.74) is 4.40. The maximum absolute atomic E-state index is 11.0. The van der Waals surface area contributed by atoms with Crippen LogP contribution < -0.4 is 4.74 Å². The number of aromatic carboxylic acids is 1. The normalized spacial score (nSPS) is 10.4. The van der Waals surface area contributed by atoms with Crippen LogP contribution in [-0.2, 0) is 0 Å². The zero-order valence-electron chi connectivity index (χ0n) is 12.2. The Morgan fingerprint density at radius 3 is 2.20 bits per heavy atom. The minimum Gasteiger partial charge on any atom is -0.478 e. The second kappa shape index (κ2) is 5.37. The molecule has 104 valence electrons. The molecule has 20 heavy (non-hydrogen) atoms. The predicted molar refractivity (Wildman–Crippen MR) is 78.9 cm³/mol. The first kappa shape index (κ1) is 14.1. The molecular weight excluding hydrogens is 252 g/mol. The van der Waals surface area contributed by atoms with E-state index in [1.807, 2.05) is 33.8 Å². The SMILES string of the molecule is Cc1ccc(C(=O)O)cc1Oc1c(C)ccc(C)c1C. The minimum atomic E-state index is -0.951. The number of carboxylic acids is 1. The van der Waals surface area contributed by atoms with Gasteiger partial charge in [0.25, 0.3) is 0 Å². The monoisotopic (exact) mass is 270 g/mol. The van der Waals surface area contributed by atoms with Gasteiger partial charge in [-0.3, -0.25) is 0 Å². The Morgan fingerprint density at radius 1 is 0.950 bits per heavy atom. The lowest BCUT2D eigenvalue weighted by atomic mass is 10.0. The molecule has 0 bridgehead atoms. The quantitative estimate of drug-likeness (QED) is 0.898. The number of aryl methyl sites for hydroxylation is 3. The summed E-state index contributed by atoms with van der Waals surface area (Å²) < 4.78 is 5.98. The second-order valence-electron chi connectivity index (χ2n) is 5.04. The highest BCUT2D eigenvalue weighted by Gasteiger charge is 2.11. The van der Waals surface area contributed by atoms with Crippen molar-refractivity contribution in [1.29, 1.82) is 0 Å². The maximum atomic E-state index is 11.0. The highest BCUT2D eigenvalue weighted by molar-refractivity contribution is 5.88. The highest BCUT2D eigenvalue weighted by atomic mass is 16.5. The van der Waals surface area contributed by atoms with Gasteiger partial charge in [-0.1, -0.05) is 18.2 Å². The fourth-order valence-electron chi connectivity index (χ4n) is 2.04. The molecule has 3 heteroatoms. The number of ether oxygens (including phenoxy) is 1.